The van der Waals surface area contributed by atoms with Crippen molar-refractivity contribution in [3.63, 3.8) is 0 Å². The van der Waals surface area contributed by atoms with Gasteiger partial charge in [0.15, 0.2) is 29.5 Å². The van der Waals surface area contributed by atoms with Crippen LogP contribution in [0.25, 0.3) is 0 Å². The van der Waals surface area contributed by atoms with Gasteiger partial charge >= 0.3 is 0 Å². The topological polar surface area (TPSA) is 29.5 Å². The van der Waals surface area contributed by atoms with Crippen LogP contribution in [-0.4, -0.2) is 11.4 Å². The van der Waals surface area contributed by atoms with E-state index >= 15 is 4.39 Å². The Kier molecular flexibility index (Phi) is 7.68. The molecule has 2 fully saturated rings. The molecule has 0 radical (unpaired) electrons. The summed E-state index contributed by atoms with van der Waals surface area (Å²) in [7, 11) is 0. The van der Waals surface area contributed by atoms with Crippen molar-refractivity contribution in [2.45, 2.75) is 89.8 Å². The monoisotopic (exact) mass is 460 g/mol. The molecule has 5 heteroatoms. The highest BCUT2D eigenvalue weighted by Gasteiger charge is 2.32. The van der Waals surface area contributed by atoms with Crippen LogP contribution in [0, 0.1) is 29.3 Å². The number of rotatable bonds is 6. The van der Waals surface area contributed by atoms with Crippen molar-refractivity contribution in [3.05, 3.63) is 64.5 Å². The van der Waals surface area contributed by atoms with Crippen molar-refractivity contribution in [3.8, 4) is 5.75 Å². The quantitative estimate of drug-likeness (QED) is 0.449. The molecule has 0 heterocycles. The molecular formula is C28H35F3O2. The van der Waals surface area contributed by atoms with Gasteiger partial charge in [0.2, 0.25) is 0 Å². The summed E-state index contributed by atoms with van der Waals surface area (Å²) in [5, 5.41) is 10.5. The Morgan fingerprint density at radius 3 is 1.91 bits per heavy atom. The van der Waals surface area contributed by atoms with Crippen molar-refractivity contribution in [2.24, 2.45) is 11.8 Å². The van der Waals surface area contributed by atoms with Crippen LogP contribution in [0.2, 0.25) is 0 Å². The summed E-state index contributed by atoms with van der Waals surface area (Å²) in [6.45, 7) is 4.16. The fourth-order valence-electron chi connectivity index (χ4n) is 5.58. The van der Waals surface area contributed by atoms with Gasteiger partial charge in [-0.05, 0) is 91.5 Å². The lowest BCUT2D eigenvalue weighted by atomic mass is 9.76. The molecule has 2 aromatic rings. The Bertz CT molecular complexity index is 944. The first-order valence-electron chi connectivity index (χ1n) is 12.5. The average molecular weight is 461 g/mol. The maximum absolute atomic E-state index is 15.0. The Hall–Kier alpha value is -2.01. The van der Waals surface area contributed by atoms with E-state index in [0.29, 0.717) is 42.7 Å². The second-order valence-electron chi connectivity index (χ2n) is 10.1. The van der Waals surface area contributed by atoms with E-state index in [0.717, 1.165) is 37.7 Å². The molecule has 0 amide bonds. The summed E-state index contributed by atoms with van der Waals surface area (Å²) in [4.78, 5) is 0. The number of aryl methyl sites for hydroxylation is 1. The maximum Gasteiger partial charge on any atom is 0.200 e. The standard InChI is InChI=1S/C28H35F3O2/c1-3-18-6-15-25(24(29)16-18)33-28(32)21-11-9-20(10-12-21)23-14-13-22(26(30)27(23)31)19-7-4-17(2)5-8-19/h6,13-17,19-21,28,32H,3-5,7-12H2,1-2H3. The van der Waals surface area contributed by atoms with Gasteiger partial charge in [0, 0.05) is 5.92 Å². The summed E-state index contributed by atoms with van der Waals surface area (Å²) >= 11 is 0. The van der Waals surface area contributed by atoms with Crippen molar-refractivity contribution in [1.82, 2.24) is 0 Å². The Morgan fingerprint density at radius 2 is 1.39 bits per heavy atom. The molecule has 0 spiro atoms. The largest absolute Gasteiger partial charge is 0.462 e. The normalized spacial score (nSPS) is 26.7. The fourth-order valence-corrected chi connectivity index (χ4v) is 5.58. The number of aliphatic hydroxyl groups is 1. The van der Waals surface area contributed by atoms with Crippen LogP contribution in [0.4, 0.5) is 13.2 Å². The summed E-state index contributed by atoms with van der Waals surface area (Å²) < 4.78 is 49.7. The summed E-state index contributed by atoms with van der Waals surface area (Å²) in [5.74, 6) is -1.29. The number of benzene rings is 2. The van der Waals surface area contributed by atoms with Crippen LogP contribution in [0.15, 0.2) is 30.3 Å². The molecule has 1 atom stereocenters. The zero-order valence-electron chi connectivity index (χ0n) is 19.6. The smallest absolute Gasteiger partial charge is 0.200 e. The number of aliphatic hydroxyl groups excluding tert-OH is 1. The van der Waals surface area contributed by atoms with E-state index in [4.69, 9.17) is 4.74 Å². The number of halogens is 3. The van der Waals surface area contributed by atoms with E-state index < -0.39 is 23.7 Å². The average Bonchev–Trinajstić information content (AvgIpc) is 2.83. The first kappa shape index (κ1) is 24.1. The highest BCUT2D eigenvalue weighted by molar-refractivity contribution is 5.32. The third-order valence-corrected chi connectivity index (χ3v) is 7.86. The van der Waals surface area contributed by atoms with Gasteiger partial charge in [-0.3, -0.25) is 0 Å². The lowest BCUT2D eigenvalue weighted by Crippen LogP contribution is -2.30. The van der Waals surface area contributed by atoms with Gasteiger partial charge in [-0.2, -0.15) is 0 Å². The van der Waals surface area contributed by atoms with Crippen molar-refractivity contribution in [1.29, 1.82) is 0 Å². The lowest BCUT2D eigenvalue weighted by Gasteiger charge is -2.32. The molecule has 2 nitrogen and oxygen atoms in total. The second kappa shape index (κ2) is 10.5. The molecule has 0 saturated heterocycles. The Labute approximate surface area is 195 Å². The van der Waals surface area contributed by atoms with Crippen LogP contribution < -0.4 is 4.74 Å². The molecule has 0 aromatic heterocycles. The Balaban J connectivity index is 1.37. The van der Waals surface area contributed by atoms with Crippen LogP contribution in [0.1, 0.15) is 93.7 Å². The van der Waals surface area contributed by atoms with Crippen molar-refractivity contribution < 1.29 is 23.0 Å². The Morgan fingerprint density at radius 1 is 0.848 bits per heavy atom. The molecule has 1 unspecified atom stereocenters. The van der Waals surface area contributed by atoms with E-state index in [1.165, 1.54) is 6.07 Å². The zero-order valence-corrected chi connectivity index (χ0v) is 19.6. The number of hydrogen-bond acceptors (Lipinski definition) is 2. The van der Waals surface area contributed by atoms with E-state index in [9.17, 15) is 13.9 Å². The van der Waals surface area contributed by atoms with Crippen LogP contribution in [-0.2, 0) is 6.42 Å². The molecule has 2 aromatic carbocycles. The van der Waals surface area contributed by atoms with Crippen LogP contribution in [0.5, 0.6) is 5.75 Å². The van der Waals surface area contributed by atoms with Gasteiger partial charge in [0.05, 0.1) is 0 Å². The highest BCUT2D eigenvalue weighted by Crippen LogP contribution is 2.42. The predicted molar refractivity (Wildman–Crippen MR) is 124 cm³/mol. The summed E-state index contributed by atoms with van der Waals surface area (Å²) in [5.41, 5.74) is 1.83. The molecule has 2 saturated carbocycles. The minimum absolute atomic E-state index is 0.0441. The van der Waals surface area contributed by atoms with E-state index in [1.54, 1.807) is 24.3 Å². The third kappa shape index (κ3) is 5.40. The van der Waals surface area contributed by atoms with Crippen molar-refractivity contribution >= 4 is 0 Å². The first-order chi connectivity index (χ1) is 15.9. The van der Waals surface area contributed by atoms with E-state index in [-0.39, 0.29) is 23.5 Å². The number of ether oxygens (including phenoxy) is 1. The molecule has 180 valence electrons. The van der Waals surface area contributed by atoms with E-state index in [2.05, 4.69) is 6.92 Å². The van der Waals surface area contributed by atoms with Gasteiger partial charge in [0.1, 0.15) is 0 Å². The third-order valence-electron chi connectivity index (χ3n) is 7.86. The molecule has 2 aliphatic carbocycles. The second-order valence-corrected chi connectivity index (χ2v) is 10.1. The lowest BCUT2D eigenvalue weighted by molar-refractivity contribution is -0.0754. The molecule has 33 heavy (non-hydrogen) atoms. The summed E-state index contributed by atoms with van der Waals surface area (Å²) in [6, 6.07) is 8.33. The predicted octanol–water partition coefficient (Wildman–Crippen LogP) is 7.63. The molecule has 4 rings (SSSR count). The summed E-state index contributed by atoms with van der Waals surface area (Å²) in [6.07, 6.45) is 6.07. The molecule has 1 N–H and O–H groups in total. The van der Waals surface area contributed by atoms with Gasteiger partial charge in [-0.25, -0.2) is 13.2 Å². The fraction of sp³-hybridized carbons (Fsp3) is 0.571. The SMILES string of the molecule is CCc1ccc(OC(O)C2CCC(c3ccc(C4CCC(C)CC4)c(F)c3F)CC2)c(F)c1. The molecule has 0 bridgehead atoms. The first-order valence-corrected chi connectivity index (χ1v) is 12.5. The minimum Gasteiger partial charge on any atom is -0.462 e. The van der Waals surface area contributed by atoms with Gasteiger partial charge in [-0.1, -0.05) is 44.9 Å². The number of hydrogen-bond donors (Lipinski definition) is 1. The van der Waals surface area contributed by atoms with Crippen LogP contribution >= 0.6 is 0 Å². The van der Waals surface area contributed by atoms with Gasteiger partial charge < -0.3 is 9.84 Å². The maximum atomic E-state index is 15.0. The minimum atomic E-state index is -1.12. The van der Waals surface area contributed by atoms with E-state index in [1.807, 2.05) is 6.92 Å². The zero-order chi connectivity index (χ0) is 23.5. The van der Waals surface area contributed by atoms with Gasteiger partial charge in [0.25, 0.3) is 0 Å². The molecular weight excluding hydrogens is 425 g/mol. The van der Waals surface area contributed by atoms with Crippen molar-refractivity contribution in [2.75, 3.05) is 0 Å². The van der Waals surface area contributed by atoms with Gasteiger partial charge in [-0.15, -0.1) is 0 Å². The molecule has 0 aliphatic heterocycles. The molecule has 2 aliphatic rings. The highest BCUT2D eigenvalue weighted by atomic mass is 19.2. The van der Waals surface area contributed by atoms with Crippen LogP contribution in [0.3, 0.4) is 0 Å².